The summed E-state index contributed by atoms with van der Waals surface area (Å²) in [5, 5.41) is 4.75. The van der Waals surface area contributed by atoms with Crippen LogP contribution in [0.25, 0.3) is 0 Å². The Morgan fingerprint density at radius 2 is 2.17 bits per heavy atom. The maximum atomic E-state index is 13.9. The second kappa shape index (κ2) is 9.29. The molecule has 154 valence electrons. The molecule has 2 aromatic carbocycles. The van der Waals surface area contributed by atoms with Crippen LogP contribution in [0.5, 0.6) is 5.75 Å². The summed E-state index contributed by atoms with van der Waals surface area (Å²) < 4.78 is 19.1. The number of carbonyl (C=O) groups excluding carboxylic acids is 3. The molecule has 0 saturated heterocycles. The third-order valence-electron chi connectivity index (χ3n) is 4.40. The van der Waals surface area contributed by atoms with Crippen molar-refractivity contribution in [2.45, 2.75) is 12.6 Å². The molecule has 0 aromatic heterocycles. The minimum atomic E-state index is -0.872. The van der Waals surface area contributed by atoms with Gasteiger partial charge in [-0.2, -0.15) is 0 Å². The Bertz CT molecular complexity index is 1060. The SMILES string of the molecule is COc1ccc2c(c1)C(=O)N(C[C@@H](C#Cc1cc(Cl)ccc1F)NC(=O)NC=O)C2. The minimum Gasteiger partial charge on any atom is -0.497 e. The molecule has 0 radical (unpaired) electrons. The number of halogens is 2. The molecular formula is C21H17ClFN3O4. The van der Waals surface area contributed by atoms with Gasteiger partial charge in [-0.1, -0.05) is 29.5 Å². The molecule has 2 aromatic rings. The fourth-order valence-corrected chi connectivity index (χ4v) is 3.15. The number of amides is 4. The van der Waals surface area contributed by atoms with Crippen LogP contribution >= 0.6 is 11.6 Å². The molecule has 30 heavy (non-hydrogen) atoms. The van der Waals surface area contributed by atoms with E-state index in [0.717, 1.165) is 5.56 Å². The number of fused-ring (bicyclic) bond motifs is 1. The number of nitrogens with zero attached hydrogens (tertiary/aromatic N) is 1. The zero-order chi connectivity index (χ0) is 21.7. The molecule has 4 amide bonds. The molecule has 0 aliphatic carbocycles. The van der Waals surface area contributed by atoms with E-state index >= 15 is 0 Å². The first-order valence-electron chi connectivity index (χ1n) is 8.84. The molecule has 1 heterocycles. The lowest BCUT2D eigenvalue weighted by Gasteiger charge is -2.21. The van der Waals surface area contributed by atoms with Crippen LogP contribution in [0.15, 0.2) is 36.4 Å². The number of urea groups is 1. The van der Waals surface area contributed by atoms with Crippen molar-refractivity contribution >= 4 is 29.9 Å². The van der Waals surface area contributed by atoms with Crippen molar-refractivity contribution in [3.05, 3.63) is 63.9 Å². The minimum absolute atomic E-state index is 0.0251. The number of carbonyl (C=O) groups is 3. The fourth-order valence-electron chi connectivity index (χ4n) is 2.97. The molecule has 0 spiro atoms. The Balaban J connectivity index is 1.82. The summed E-state index contributed by atoms with van der Waals surface area (Å²) in [6.45, 7) is 0.343. The Kier molecular flexibility index (Phi) is 6.54. The second-order valence-electron chi connectivity index (χ2n) is 6.39. The lowest BCUT2D eigenvalue weighted by Crippen LogP contribution is -2.46. The number of methoxy groups -OCH3 is 1. The van der Waals surface area contributed by atoms with Gasteiger partial charge in [-0.05, 0) is 35.9 Å². The summed E-state index contributed by atoms with van der Waals surface area (Å²) in [6.07, 6.45) is 0.222. The molecule has 1 aliphatic rings. The van der Waals surface area contributed by atoms with Gasteiger partial charge < -0.3 is 15.0 Å². The summed E-state index contributed by atoms with van der Waals surface area (Å²) in [5.74, 6) is 5.10. The Hall–Kier alpha value is -3.57. The van der Waals surface area contributed by atoms with Gasteiger partial charge in [-0.3, -0.25) is 14.9 Å². The van der Waals surface area contributed by atoms with Gasteiger partial charge in [0.2, 0.25) is 6.41 Å². The predicted molar refractivity (Wildman–Crippen MR) is 108 cm³/mol. The maximum Gasteiger partial charge on any atom is 0.322 e. The van der Waals surface area contributed by atoms with Gasteiger partial charge >= 0.3 is 6.03 Å². The number of nitrogens with one attached hydrogen (secondary N) is 2. The smallest absolute Gasteiger partial charge is 0.322 e. The lowest BCUT2D eigenvalue weighted by atomic mass is 10.1. The topological polar surface area (TPSA) is 87.7 Å². The highest BCUT2D eigenvalue weighted by molar-refractivity contribution is 6.30. The molecule has 1 atom stereocenters. The van der Waals surface area contributed by atoms with Crippen LogP contribution in [0.4, 0.5) is 9.18 Å². The summed E-state index contributed by atoms with van der Waals surface area (Å²) >= 11 is 5.87. The standard InChI is InChI=1S/C21H17ClFN3O4/c1-30-17-6-3-14-10-26(20(28)18(14)9-17)11-16(25-21(29)24-12-27)5-2-13-8-15(22)4-7-19(13)23/h3-4,6-9,12,16H,10-11H2,1H3,(H2,24,25,27,29)/t16-/m1/s1. The van der Waals surface area contributed by atoms with Gasteiger partial charge in [-0.15, -0.1) is 0 Å². The van der Waals surface area contributed by atoms with Crippen molar-refractivity contribution in [2.75, 3.05) is 13.7 Å². The molecule has 1 aliphatic heterocycles. The van der Waals surface area contributed by atoms with E-state index < -0.39 is 17.9 Å². The lowest BCUT2D eigenvalue weighted by molar-refractivity contribution is -0.108. The first-order chi connectivity index (χ1) is 14.4. The third-order valence-corrected chi connectivity index (χ3v) is 4.64. The van der Waals surface area contributed by atoms with Crippen molar-refractivity contribution in [2.24, 2.45) is 0 Å². The highest BCUT2D eigenvalue weighted by atomic mass is 35.5. The van der Waals surface area contributed by atoms with E-state index in [4.69, 9.17) is 16.3 Å². The van der Waals surface area contributed by atoms with Crippen LogP contribution in [0.2, 0.25) is 5.02 Å². The summed E-state index contributed by atoms with van der Waals surface area (Å²) in [7, 11) is 1.51. The quantitative estimate of drug-likeness (QED) is 0.564. The number of hydrogen-bond donors (Lipinski definition) is 2. The molecule has 2 N–H and O–H groups in total. The van der Waals surface area contributed by atoms with Crippen LogP contribution in [0.3, 0.4) is 0 Å². The van der Waals surface area contributed by atoms with Crippen LogP contribution in [0.1, 0.15) is 21.5 Å². The average molecular weight is 430 g/mol. The largest absolute Gasteiger partial charge is 0.497 e. The predicted octanol–water partition coefficient (Wildman–Crippen LogP) is 2.32. The zero-order valence-electron chi connectivity index (χ0n) is 15.9. The van der Waals surface area contributed by atoms with Gasteiger partial charge in [0.1, 0.15) is 17.6 Å². The van der Waals surface area contributed by atoms with Crippen molar-refractivity contribution in [3.8, 4) is 17.6 Å². The average Bonchev–Trinajstić information content (AvgIpc) is 3.03. The van der Waals surface area contributed by atoms with Gasteiger partial charge in [0.25, 0.3) is 5.91 Å². The highest BCUT2D eigenvalue weighted by Gasteiger charge is 2.29. The fraction of sp³-hybridized carbons (Fsp3) is 0.190. The molecular weight excluding hydrogens is 413 g/mol. The number of benzene rings is 2. The number of hydrogen-bond acceptors (Lipinski definition) is 4. The van der Waals surface area contributed by atoms with E-state index in [1.165, 1.54) is 30.2 Å². The summed E-state index contributed by atoms with van der Waals surface area (Å²) in [5.41, 5.74) is 1.36. The Morgan fingerprint density at radius 1 is 1.37 bits per heavy atom. The molecule has 0 saturated carbocycles. The first kappa shape index (κ1) is 21.1. The van der Waals surface area contributed by atoms with Crippen molar-refractivity contribution in [1.82, 2.24) is 15.5 Å². The van der Waals surface area contributed by atoms with Crippen LogP contribution < -0.4 is 15.4 Å². The molecule has 7 nitrogen and oxygen atoms in total. The highest BCUT2D eigenvalue weighted by Crippen LogP contribution is 2.26. The molecule has 0 fully saturated rings. The van der Waals surface area contributed by atoms with E-state index in [2.05, 4.69) is 17.2 Å². The first-order valence-corrected chi connectivity index (χ1v) is 9.22. The Morgan fingerprint density at radius 3 is 2.90 bits per heavy atom. The van der Waals surface area contributed by atoms with Crippen LogP contribution in [0, 0.1) is 17.7 Å². The Labute approximate surface area is 177 Å². The van der Waals surface area contributed by atoms with E-state index in [1.807, 2.05) is 5.32 Å². The van der Waals surface area contributed by atoms with E-state index in [0.29, 0.717) is 22.9 Å². The summed E-state index contributed by atoms with van der Waals surface area (Å²) in [4.78, 5) is 36.6. The molecule has 9 heteroatoms. The van der Waals surface area contributed by atoms with Gasteiger partial charge in [-0.25, -0.2) is 9.18 Å². The van der Waals surface area contributed by atoms with Crippen LogP contribution in [-0.2, 0) is 11.3 Å². The van der Waals surface area contributed by atoms with Gasteiger partial charge in [0.15, 0.2) is 0 Å². The van der Waals surface area contributed by atoms with E-state index in [-0.39, 0.29) is 24.4 Å². The molecule has 0 unspecified atom stereocenters. The van der Waals surface area contributed by atoms with Crippen molar-refractivity contribution < 1.29 is 23.5 Å². The maximum absolute atomic E-state index is 13.9. The normalized spacial score (nSPS) is 13.0. The van der Waals surface area contributed by atoms with E-state index in [9.17, 15) is 18.8 Å². The number of rotatable bonds is 5. The van der Waals surface area contributed by atoms with Crippen molar-refractivity contribution in [3.63, 3.8) is 0 Å². The van der Waals surface area contributed by atoms with Gasteiger partial charge in [0.05, 0.1) is 19.2 Å². The summed E-state index contributed by atoms with van der Waals surface area (Å²) in [6, 6.07) is 7.46. The molecule has 0 bridgehead atoms. The van der Waals surface area contributed by atoms with Gasteiger partial charge in [0, 0.05) is 17.1 Å². The monoisotopic (exact) mass is 429 g/mol. The molecule has 3 rings (SSSR count). The van der Waals surface area contributed by atoms with Crippen LogP contribution in [-0.4, -0.2) is 42.9 Å². The van der Waals surface area contributed by atoms with E-state index in [1.54, 1.807) is 18.2 Å². The second-order valence-corrected chi connectivity index (χ2v) is 6.83. The number of ether oxygens (including phenoxy) is 1. The zero-order valence-corrected chi connectivity index (χ0v) is 16.6. The number of imide groups is 1. The van der Waals surface area contributed by atoms with Crippen molar-refractivity contribution in [1.29, 1.82) is 0 Å². The third kappa shape index (κ3) is 4.88.